The number of aromatic hydroxyl groups is 1. The molecule has 0 atom stereocenters. The van der Waals surface area contributed by atoms with Gasteiger partial charge in [-0.25, -0.2) is 0 Å². The highest BCUT2D eigenvalue weighted by atomic mass is 16.3. The van der Waals surface area contributed by atoms with Crippen LogP contribution in [-0.4, -0.2) is 42.1 Å². The number of fused-ring (bicyclic) bond motifs is 1. The first kappa shape index (κ1) is 15.5. The lowest BCUT2D eigenvalue weighted by Gasteiger charge is -2.36. The minimum atomic E-state index is 0.0261. The van der Waals surface area contributed by atoms with E-state index in [9.17, 15) is 9.90 Å². The lowest BCUT2D eigenvalue weighted by atomic mass is 10.1. The SMILES string of the molecule is O=C(c1ccc(O)cc1)N1CCN(c2ccc3ccccc3c2)CC1. The summed E-state index contributed by atoms with van der Waals surface area (Å²) in [6, 6.07) is 21.3. The Bertz CT molecular complexity index is 897. The van der Waals surface area contributed by atoms with E-state index in [1.807, 2.05) is 4.90 Å². The van der Waals surface area contributed by atoms with Crippen molar-refractivity contribution in [3.63, 3.8) is 0 Å². The summed E-state index contributed by atoms with van der Waals surface area (Å²) >= 11 is 0. The molecule has 1 amide bonds. The van der Waals surface area contributed by atoms with Crippen molar-refractivity contribution < 1.29 is 9.90 Å². The minimum absolute atomic E-state index is 0.0261. The lowest BCUT2D eigenvalue weighted by Crippen LogP contribution is -2.48. The quantitative estimate of drug-likeness (QED) is 0.781. The van der Waals surface area contributed by atoms with Gasteiger partial charge >= 0.3 is 0 Å². The van der Waals surface area contributed by atoms with Crippen molar-refractivity contribution in [2.24, 2.45) is 0 Å². The van der Waals surface area contributed by atoms with Crippen LogP contribution in [0.1, 0.15) is 10.4 Å². The Labute approximate surface area is 146 Å². The molecule has 1 N–H and O–H groups in total. The van der Waals surface area contributed by atoms with Crippen LogP contribution in [-0.2, 0) is 0 Å². The highest BCUT2D eigenvalue weighted by Crippen LogP contribution is 2.23. The van der Waals surface area contributed by atoms with E-state index in [4.69, 9.17) is 0 Å². The van der Waals surface area contributed by atoms with Gasteiger partial charge in [-0.2, -0.15) is 0 Å². The first-order chi connectivity index (χ1) is 12.2. The van der Waals surface area contributed by atoms with E-state index in [0.29, 0.717) is 18.7 Å². The molecule has 126 valence electrons. The second-order valence-corrected chi connectivity index (χ2v) is 6.36. The number of nitrogens with zero attached hydrogens (tertiary/aromatic N) is 2. The maximum absolute atomic E-state index is 12.6. The summed E-state index contributed by atoms with van der Waals surface area (Å²) in [5.74, 6) is 0.204. The highest BCUT2D eigenvalue weighted by molar-refractivity contribution is 5.94. The summed E-state index contributed by atoms with van der Waals surface area (Å²) in [4.78, 5) is 16.8. The molecule has 1 saturated heterocycles. The molecular formula is C21H20N2O2. The zero-order valence-corrected chi connectivity index (χ0v) is 13.9. The summed E-state index contributed by atoms with van der Waals surface area (Å²) in [6.07, 6.45) is 0. The molecule has 4 nitrogen and oxygen atoms in total. The van der Waals surface area contributed by atoms with Gasteiger partial charge in [0, 0.05) is 37.4 Å². The molecule has 0 aromatic heterocycles. The normalized spacial score (nSPS) is 14.7. The molecule has 1 aliphatic heterocycles. The predicted molar refractivity (Wildman–Crippen MR) is 100 cm³/mol. The Morgan fingerprint density at radius 3 is 2.20 bits per heavy atom. The van der Waals surface area contributed by atoms with Gasteiger partial charge in [-0.15, -0.1) is 0 Å². The molecule has 0 spiro atoms. The number of hydrogen-bond donors (Lipinski definition) is 1. The summed E-state index contributed by atoms with van der Waals surface area (Å²) in [7, 11) is 0. The summed E-state index contributed by atoms with van der Waals surface area (Å²) in [5, 5.41) is 11.8. The standard InChI is InChI=1S/C21H20N2O2/c24-20-9-6-17(7-10-20)21(25)23-13-11-22(12-14-23)19-8-5-16-3-1-2-4-18(16)15-19/h1-10,15,24H,11-14H2. The van der Waals surface area contributed by atoms with Crippen LogP contribution in [0.3, 0.4) is 0 Å². The van der Waals surface area contributed by atoms with Crippen molar-refractivity contribution in [3.8, 4) is 5.75 Å². The maximum atomic E-state index is 12.6. The molecule has 0 aliphatic carbocycles. The van der Waals surface area contributed by atoms with E-state index < -0.39 is 0 Å². The smallest absolute Gasteiger partial charge is 0.253 e. The van der Waals surface area contributed by atoms with Gasteiger partial charge in [0.2, 0.25) is 0 Å². The predicted octanol–water partition coefficient (Wildman–Crippen LogP) is 3.51. The molecule has 0 saturated carbocycles. The Hall–Kier alpha value is -3.01. The van der Waals surface area contributed by atoms with Crippen molar-refractivity contribution in [2.75, 3.05) is 31.1 Å². The number of piperazine rings is 1. The molecule has 1 aliphatic rings. The Morgan fingerprint density at radius 1 is 0.800 bits per heavy atom. The van der Waals surface area contributed by atoms with E-state index in [-0.39, 0.29) is 11.7 Å². The fourth-order valence-electron chi connectivity index (χ4n) is 3.33. The van der Waals surface area contributed by atoms with Crippen LogP contribution in [0.25, 0.3) is 10.8 Å². The minimum Gasteiger partial charge on any atom is -0.508 e. The average molecular weight is 332 g/mol. The van der Waals surface area contributed by atoms with Crippen LogP contribution < -0.4 is 4.90 Å². The van der Waals surface area contributed by atoms with E-state index >= 15 is 0 Å². The molecule has 0 radical (unpaired) electrons. The number of phenols is 1. The lowest BCUT2D eigenvalue weighted by molar-refractivity contribution is 0.0747. The summed E-state index contributed by atoms with van der Waals surface area (Å²) < 4.78 is 0. The first-order valence-electron chi connectivity index (χ1n) is 8.53. The van der Waals surface area contributed by atoms with E-state index in [1.54, 1.807) is 24.3 Å². The number of carbonyl (C=O) groups excluding carboxylic acids is 1. The maximum Gasteiger partial charge on any atom is 0.253 e. The molecule has 3 aromatic carbocycles. The van der Waals surface area contributed by atoms with Gasteiger partial charge in [0.05, 0.1) is 0 Å². The topological polar surface area (TPSA) is 43.8 Å². The van der Waals surface area contributed by atoms with Crippen LogP contribution in [0.4, 0.5) is 5.69 Å². The number of rotatable bonds is 2. The zero-order valence-electron chi connectivity index (χ0n) is 13.9. The zero-order chi connectivity index (χ0) is 17.2. The van der Waals surface area contributed by atoms with Gasteiger partial charge in [-0.05, 0) is 47.2 Å². The van der Waals surface area contributed by atoms with Gasteiger partial charge in [-0.3, -0.25) is 4.79 Å². The van der Waals surface area contributed by atoms with Crippen LogP contribution in [0, 0.1) is 0 Å². The first-order valence-corrected chi connectivity index (χ1v) is 8.53. The van der Waals surface area contributed by atoms with Gasteiger partial charge in [-0.1, -0.05) is 30.3 Å². The third-order valence-corrected chi connectivity index (χ3v) is 4.78. The second kappa shape index (κ2) is 6.48. The van der Waals surface area contributed by atoms with Crippen molar-refractivity contribution in [3.05, 3.63) is 72.3 Å². The largest absolute Gasteiger partial charge is 0.508 e. The fourth-order valence-corrected chi connectivity index (χ4v) is 3.33. The van der Waals surface area contributed by atoms with Crippen molar-refractivity contribution in [2.45, 2.75) is 0 Å². The number of carbonyl (C=O) groups is 1. The van der Waals surface area contributed by atoms with Crippen LogP contribution in [0.2, 0.25) is 0 Å². The molecule has 4 heteroatoms. The Morgan fingerprint density at radius 2 is 1.48 bits per heavy atom. The van der Waals surface area contributed by atoms with Gasteiger partial charge in [0.1, 0.15) is 5.75 Å². The number of hydrogen-bond acceptors (Lipinski definition) is 3. The van der Waals surface area contributed by atoms with E-state index in [1.165, 1.54) is 16.5 Å². The number of anilines is 1. The third kappa shape index (κ3) is 3.15. The third-order valence-electron chi connectivity index (χ3n) is 4.78. The van der Waals surface area contributed by atoms with Crippen LogP contribution in [0.15, 0.2) is 66.7 Å². The molecule has 1 heterocycles. The van der Waals surface area contributed by atoms with E-state index in [0.717, 1.165) is 13.1 Å². The van der Waals surface area contributed by atoms with Gasteiger partial charge in [0.15, 0.2) is 0 Å². The second-order valence-electron chi connectivity index (χ2n) is 6.36. The number of benzene rings is 3. The molecule has 1 fully saturated rings. The number of phenolic OH excluding ortho intramolecular Hbond substituents is 1. The molecule has 4 rings (SSSR count). The van der Waals surface area contributed by atoms with Crippen molar-refractivity contribution >= 4 is 22.4 Å². The van der Waals surface area contributed by atoms with E-state index in [2.05, 4.69) is 47.4 Å². The fraction of sp³-hybridized carbons (Fsp3) is 0.190. The number of amides is 1. The molecule has 25 heavy (non-hydrogen) atoms. The van der Waals surface area contributed by atoms with Crippen LogP contribution >= 0.6 is 0 Å². The molecule has 3 aromatic rings. The Balaban J connectivity index is 1.45. The Kier molecular flexibility index (Phi) is 4.02. The highest BCUT2D eigenvalue weighted by Gasteiger charge is 2.22. The summed E-state index contributed by atoms with van der Waals surface area (Å²) in [5.41, 5.74) is 1.83. The molecule has 0 bridgehead atoms. The van der Waals surface area contributed by atoms with Gasteiger partial charge in [0.25, 0.3) is 5.91 Å². The summed E-state index contributed by atoms with van der Waals surface area (Å²) in [6.45, 7) is 3.05. The molecular weight excluding hydrogens is 312 g/mol. The average Bonchev–Trinajstić information content (AvgIpc) is 2.68. The van der Waals surface area contributed by atoms with Gasteiger partial charge < -0.3 is 14.9 Å². The molecule has 0 unspecified atom stereocenters. The van der Waals surface area contributed by atoms with Crippen molar-refractivity contribution in [1.29, 1.82) is 0 Å². The van der Waals surface area contributed by atoms with Crippen molar-refractivity contribution in [1.82, 2.24) is 4.90 Å². The van der Waals surface area contributed by atoms with Crippen LogP contribution in [0.5, 0.6) is 5.75 Å². The monoisotopic (exact) mass is 332 g/mol.